The smallest absolute Gasteiger partial charge is 0.0332 e. The summed E-state index contributed by atoms with van der Waals surface area (Å²) in [6.07, 6.45) is 6.77. The quantitative estimate of drug-likeness (QED) is 0.599. The predicted octanol–water partition coefficient (Wildman–Crippen LogP) is 1.95. The maximum Gasteiger partial charge on any atom is 0.0332 e. The lowest BCUT2D eigenvalue weighted by Gasteiger charge is -2.22. The van der Waals surface area contributed by atoms with Crippen molar-refractivity contribution in [2.45, 2.75) is 45.1 Å². The summed E-state index contributed by atoms with van der Waals surface area (Å²) in [5.74, 6) is 0. The van der Waals surface area contributed by atoms with Gasteiger partial charge in [-0.3, -0.25) is 0 Å². The Kier molecular flexibility index (Phi) is 3.57. The lowest BCUT2D eigenvalue weighted by Crippen LogP contribution is -2.34. The largest absolute Gasteiger partial charge is 0.309 e. The van der Waals surface area contributed by atoms with Crippen molar-refractivity contribution in [3.05, 3.63) is 0 Å². The average molecular weight is 154 g/mol. The molecule has 1 aliphatic rings. The molecule has 1 rings (SSSR count). The monoisotopic (exact) mass is 154 g/mol. The zero-order chi connectivity index (χ0) is 8.10. The van der Waals surface area contributed by atoms with Crippen LogP contribution in [0.25, 0.3) is 0 Å². The topological polar surface area (TPSA) is 35.9 Å². The normalized spacial score (nSPS) is 20.1. The third-order valence-corrected chi connectivity index (χ3v) is 2.26. The second kappa shape index (κ2) is 4.50. The van der Waals surface area contributed by atoms with Crippen LogP contribution in [0, 0.1) is 5.41 Å². The molecule has 0 aromatic carbocycles. The second-order valence-electron chi connectivity index (χ2n) is 3.50. The minimum absolute atomic E-state index is 0.698. The van der Waals surface area contributed by atoms with Crippen molar-refractivity contribution < 1.29 is 0 Å². The third kappa shape index (κ3) is 3.51. The summed E-state index contributed by atoms with van der Waals surface area (Å²) < 4.78 is 0. The van der Waals surface area contributed by atoms with E-state index < -0.39 is 0 Å². The zero-order valence-corrected chi connectivity index (χ0v) is 7.32. The molecule has 2 heteroatoms. The first-order chi connectivity index (χ1) is 5.29. The van der Waals surface area contributed by atoms with Crippen molar-refractivity contribution in [2.24, 2.45) is 0 Å². The lowest BCUT2D eigenvalue weighted by molar-refractivity contribution is 0.387. The summed E-state index contributed by atoms with van der Waals surface area (Å²) in [5.41, 5.74) is 0.746. The van der Waals surface area contributed by atoms with Crippen LogP contribution in [0.2, 0.25) is 0 Å². The first kappa shape index (κ1) is 8.72. The van der Waals surface area contributed by atoms with E-state index in [1.807, 2.05) is 6.92 Å². The van der Waals surface area contributed by atoms with Gasteiger partial charge in [0.15, 0.2) is 0 Å². The molecular weight excluding hydrogens is 136 g/mol. The van der Waals surface area contributed by atoms with Crippen molar-refractivity contribution in [3.63, 3.8) is 0 Å². The molecule has 0 atom stereocenters. The van der Waals surface area contributed by atoms with Gasteiger partial charge < -0.3 is 10.7 Å². The molecule has 1 aliphatic carbocycles. The van der Waals surface area contributed by atoms with Crippen LogP contribution >= 0.6 is 0 Å². The highest BCUT2D eigenvalue weighted by molar-refractivity contribution is 5.80. The van der Waals surface area contributed by atoms with Gasteiger partial charge in [-0.25, -0.2) is 0 Å². The summed E-state index contributed by atoms with van der Waals surface area (Å²) in [4.78, 5) is 0. The number of hydrogen-bond donors (Lipinski definition) is 2. The molecule has 2 nitrogen and oxygen atoms in total. The van der Waals surface area contributed by atoms with Crippen molar-refractivity contribution in [3.8, 4) is 0 Å². The molecule has 0 bridgehead atoms. The van der Waals surface area contributed by atoms with Crippen molar-refractivity contribution in [2.75, 3.05) is 6.54 Å². The summed E-state index contributed by atoms with van der Waals surface area (Å²) in [6.45, 7) is 2.64. The first-order valence-electron chi connectivity index (χ1n) is 4.56. The highest BCUT2D eigenvalue weighted by Crippen LogP contribution is 2.16. The van der Waals surface area contributed by atoms with E-state index in [1.165, 1.54) is 32.1 Å². The van der Waals surface area contributed by atoms with Crippen LogP contribution in [0.5, 0.6) is 0 Å². The summed E-state index contributed by atoms with van der Waals surface area (Å²) in [6, 6.07) is 0.698. The maximum absolute atomic E-state index is 7.25. The highest BCUT2D eigenvalue weighted by Gasteiger charge is 2.11. The van der Waals surface area contributed by atoms with Gasteiger partial charge in [-0.2, -0.15) is 0 Å². The molecule has 1 fully saturated rings. The molecule has 2 N–H and O–H groups in total. The van der Waals surface area contributed by atoms with E-state index >= 15 is 0 Å². The zero-order valence-electron chi connectivity index (χ0n) is 7.32. The summed E-state index contributed by atoms with van der Waals surface area (Å²) in [5, 5.41) is 10.6. The Balaban J connectivity index is 2.09. The van der Waals surface area contributed by atoms with E-state index in [4.69, 9.17) is 5.41 Å². The van der Waals surface area contributed by atoms with Crippen molar-refractivity contribution >= 4 is 5.71 Å². The van der Waals surface area contributed by atoms with E-state index in [2.05, 4.69) is 5.32 Å². The molecule has 0 saturated heterocycles. The SMILES string of the molecule is CC(=N)CNC1CCCCC1. The molecule has 0 heterocycles. The van der Waals surface area contributed by atoms with Gasteiger partial charge in [-0.1, -0.05) is 19.3 Å². The van der Waals surface area contributed by atoms with Crippen LogP contribution in [-0.2, 0) is 0 Å². The maximum atomic E-state index is 7.25. The molecule has 11 heavy (non-hydrogen) atoms. The Hall–Kier alpha value is -0.370. The molecule has 0 aliphatic heterocycles. The van der Waals surface area contributed by atoms with Crippen molar-refractivity contribution in [1.29, 1.82) is 5.41 Å². The molecule has 0 radical (unpaired) electrons. The number of rotatable bonds is 3. The molecule has 0 aromatic rings. The minimum Gasteiger partial charge on any atom is -0.309 e. The van der Waals surface area contributed by atoms with Gasteiger partial charge in [0.2, 0.25) is 0 Å². The van der Waals surface area contributed by atoms with Crippen LogP contribution in [0.15, 0.2) is 0 Å². The fourth-order valence-electron chi connectivity index (χ4n) is 1.60. The van der Waals surface area contributed by atoms with E-state index in [9.17, 15) is 0 Å². The van der Waals surface area contributed by atoms with Gasteiger partial charge in [-0.05, 0) is 19.8 Å². The Labute approximate surface area is 68.9 Å². The first-order valence-corrected chi connectivity index (χ1v) is 4.56. The van der Waals surface area contributed by atoms with E-state index in [-0.39, 0.29) is 0 Å². The van der Waals surface area contributed by atoms with Crippen LogP contribution in [0.4, 0.5) is 0 Å². The van der Waals surface area contributed by atoms with Crippen LogP contribution in [0.3, 0.4) is 0 Å². The Bertz CT molecular complexity index is 126. The van der Waals surface area contributed by atoms with Gasteiger partial charge in [0, 0.05) is 18.3 Å². The minimum atomic E-state index is 0.698. The Morgan fingerprint density at radius 3 is 2.55 bits per heavy atom. The van der Waals surface area contributed by atoms with Gasteiger partial charge in [0.1, 0.15) is 0 Å². The lowest BCUT2D eigenvalue weighted by atomic mass is 9.95. The Morgan fingerprint density at radius 1 is 1.36 bits per heavy atom. The van der Waals surface area contributed by atoms with E-state index in [1.54, 1.807) is 0 Å². The molecular formula is C9H18N2. The molecule has 0 spiro atoms. The average Bonchev–Trinajstić information content (AvgIpc) is 2.03. The Morgan fingerprint density at radius 2 is 2.00 bits per heavy atom. The van der Waals surface area contributed by atoms with E-state index in [0.29, 0.717) is 6.04 Å². The van der Waals surface area contributed by atoms with Crippen LogP contribution in [0.1, 0.15) is 39.0 Å². The van der Waals surface area contributed by atoms with Gasteiger partial charge in [0.05, 0.1) is 0 Å². The van der Waals surface area contributed by atoms with Gasteiger partial charge in [0.25, 0.3) is 0 Å². The van der Waals surface area contributed by atoms with Crippen LogP contribution < -0.4 is 5.32 Å². The number of hydrogen-bond acceptors (Lipinski definition) is 2. The fraction of sp³-hybridized carbons (Fsp3) is 0.889. The highest BCUT2D eigenvalue weighted by atomic mass is 14.9. The van der Waals surface area contributed by atoms with Gasteiger partial charge in [-0.15, -0.1) is 0 Å². The molecule has 0 amide bonds. The summed E-state index contributed by atoms with van der Waals surface area (Å²) in [7, 11) is 0. The van der Waals surface area contributed by atoms with E-state index in [0.717, 1.165) is 12.3 Å². The molecule has 1 saturated carbocycles. The summed E-state index contributed by atoms with van der Waals surface area (Å²) >= 11 is 0. The molecule has 64 valence electrons. The van der Waals surface area contributed by atoms with Crippen LogP contribution in [-0.4, -0.2) is 18.3 Å². The third-order valence-electron chi connectivity index (χ3n) is 2.26. The van der Waals surface area contributed by atoms with Gasteiger partial charge >= 0.3 is 0 Å². The van der Waals surface area contributed by atoms with Crippen molar-refractivity contribution in [1.82, 2.24) is 5.32 Å². The molecule has 0 aromatic heterocycles. The second-order valence-corrected chi connectivity index (χ2v) is 3.50. The number of nitrogens with one attached hydrogen (secondary N) is 2. The standard InChI is InChI=1S/C9H18N2/c1-8(10)7-11-9-5-3-2-4-6-9/h9-11H,2-7H2,1H3. The fourth-order valence-corrected chi connectivity index (χ4v) is 1.60. The molecule has 0 unspecified atom stereocenters. The predicted molar refractivity (Wildman–Crippen MR) is 48.3 cm³/mol.